The third-order valence-corrected chi connectivity index (χ3v) is 10.9. The van der Waals surface area contributed by atoms with Crippen molar-refractivity contribution in [2.75, 3.05) is 22.7 Å². The Morgan fingerprint density at radius 3 is 2.64 bits per heavy atom. The van der Waals surface area contributed by atoms with Crippen LogP contribution in [0.5, 0.6) is 0 Å². The number of nitrogens with one attached hydrogen (secondary N) is 1. The molecule has 10 nitrogen and oxygen atoms in total. The second-order valence-electron chi connectivity index (χ2n) is 12.2. The molecule has 228 valence electrons. The van der Waals surface area contributed by atoms with Gasteiger partial charge in [0, 0.05) is 25.4 Å². The Bertz CT molecular complexity index is 1780. The molecule has 0 saturated carbocycles. The third-order valence-electron chi connectivity index (χ3n) is 9.05. The topological polar surface area (TPSA) is 113 Å². The Balaban J connectivity index is 1.16. The second-order valence-corrected chi connectivity index (χ2v) is 14.0. The fourth-order valence-corrected chi connectivity index (χ4v) is 8.41. The molecule has 4 aromatic rings. The lowest BCUT2D eigenvalue weighted by molar-refractivity contribution is -0.117. The number of carbonyl (C=O) groups excluding carboxylic acids is 1. The molecule has 0 radical (unpaired) electrons. The van der Waals surface area contributed by atoms with Crippen molar-refractivity contribution in [3.8, 4) is 0 Å². The molecule has 11 heteroatoms. The van der Waals surface area contributed by atoms with Crippen molar-refractivity contribution in [3.63, 3.8) is 0 Å². The van der Waals surface area contributed by atoms with E-state index in [0.29, 0.717) is 11.4 Å². The van der Waals surface area contributed by atoms with E-state index in [1.165, 1.54) is 59.5 Å². The van der Waals surface area contributed by atoms with Crippen LogP contribution >= 0.6 is 0 Å². The maximum Gasteiger partial charge on any atom is 0.265 e. The molecule has 0 unspecified atom stereocenters. The predicted molar refractivity (Wildman–Crippen MR) is 168 cm³/mol. The fourth-order valence-electron chi connectivity index (χ4n) is 6.79. The van der Waals surface area contributed by atoms with E-state index in [-0.39, 0.29) is 23.2 Å². The van der Waals surface area contributed by atoms with Crippen LogP contribution in [0.4, 0.5) is 11.5 Å². The minimum atomic E-state index is -4.09. The van der Waals surface area contributed by atoms with Gasteiger partial charge >= 0.3 is 0 Å². The van der Waals surface area contributed by atoms with Crippen molar-refractivity contribution in [1.82, 2.24) is 24.9 Å². The molecular weight excluding hydrogens is 574 g/mol. The van der Waals surface area contributed by atoms with Gasteiger partial charge in [0.05, 0.1) is 22.3 Å². The van der Waals surface area contributed by atoms with Gasteiger partial charge in [0.1, 0.15) is 6.04 Å². The number of aryl methyl sites for hydroxylation is 2. The molecule has 2 aliphatic heterocycles. The van der Waals surface area contributed by atoms with Crippen LogP contribution in [0.1, 0.15) is 66.1 Å². The maximum absolute atomic E-state index is 14.0. The number of anilines is 2. The molecular formula is C33H37N7O3S. The van der Waals surface area contributed by atoms with E-state index in [1.54, 1.807) is 36.4 Å². The highest BCUT2D eigenvalue weighted by Crippen LogP contribution is 2.37. The summed E-state index contributed by atoms with van der Waals surface area (Å²) >= 11 is 0. The zero-order valence-corrected chi connectivity index (χ0v) is 25.7. The van der Waals surface area contributed by atoms with Gasteiger partial charge in [-0.3, -0.25) is 9.69 Å². The van der Waals surface area contributed by atoms with Crippen molar-refractivity contribution in [1.29, 1.82) is 0 Å². The SMILES string of the molecule is Cc1ccc(S(=O)(=O)N2c3cccnc3NC(=O)[C@H]2Cc2cn([C@@H]3CCCc4cc(CN5CCCCC5)ccc43)nn2)cc1. The van der Waals surface area contributed by atoms with Gasteiger partial charge in [0.2, 0.25) is 5.91 Å². The van der Waals surface area contributed by atoms with Crippen LogP contribution in [0.15, 0.2) is 71.9 Å². The van der Waals surface area contributed by atoms with E-state index < -0.39 is 22.0 Å². The molecule has 2 atom stereocenters. The minimum absolute atomic E-state index is 0.0431. The number of sulfonamides is 1. The molecule has 44 heavy (non-hydrogen) atoms. The first-order valence-electron chi connectivity index (χ1n) is 15.5. The first kappa shape index (κ1) is 28.7. The van der Waals surface area contributed by atoms with Gasteiger partial charge in [-0.2, -0.15) is 0 Å². The molecule has 2 aromatic carbocycles. The van der Waals surface area contributed by atoms with Crippen LogP contribution in [0.2, 0.25) is 0 Å². The summed E-state index contributed by atoms with van der Waals surface area (Å²) in [5.74, 6) is -0.239. The normalized spacial score (nSPS) is 20.6. The lowest BCUT2D eigenvalue weighted by Gasteiger charge is -2.36. The average molecular weight is 612 g/mol. The van der Waals surface area contributed by atoms with Gasteiger partial charge in [-0.15, -0.1) is 5.10 Å². The minimum Gasteiger partial charge on any atom is -0.307 e. The number of hydrogen-bond donors (Lipinski definition) is 1. The Labute approximate surface area is 258 Å². The van der Waals surface area contributed by atoms with Gasteiger partial charge in [0.15, 0.2) is 5.82 Å². The Morgan fingerprint density at radius 2 is 1.82 bits per heavy atom. The Morgan fingerprint density at radius 1 is 1.00 bits per heavy atom. The average Bonchev–Trinajstić information content (AvgIpc) is 3.50. The van der Waals surface area contributed by atoms with E-state index in [0.717, 1.165) is 31.4 Å². The number of likely N-dealkylation sites (tertiary alicyclic amines) is 1. The molecule has 0 bridgehead atoms. The van der Waals surface area contributed by atoms with Crippen molar-refractivity contribution in [2.45, 2.75) is 75.4 Å². The van der Waals surface area contributed by atoms with Crippen molar-refractivity contribution in [3.05, 3.63) is 94.9 Å². The smallest absolute Gasteiger partial charge is 0.265 e. The molecule has 1 saturated heterocycles. The quantitative estimate of drug-likeness (QED) is 0.324. The molecule has 3 aliphatic rings. The van der Waals surface area contributed by atoms with Crippen LogP contribution in [0, 0.1) is 6.92 Å². The summed E-state index contributed by atoms with van der Waals surface area (Å²) in [5, 5.41) is 11.7. The number of benzene rings is 2. The summed E-state index contributed by atoms with van der Waals surface area (Å²) in [4.78, 5) is 20.3. The van der Waals surface area contributed by atoms with Gasteiger partial charge in [-0.25, -0.2) is 22.4 Å². The number of amides is 1. The van der Waals surface area contributed by atoms with Crippen LogP contribution in [0.3, 0.4) is 0 Å². The third kappa shape index (κ3) is 5.50. The van der Waals surface area contributed by atoms with Crippen molar-refractivity contribution < 1.29 is 13.2 Å². The monoisotopic (exact) mass is 611 g/mol. The highest BCUT2D eigenvalue weighted by molar-refractivity contribution is 7.93. The molecule has 2 aromatic heterocycles. The molecule has 1 fully saturated rings. The van der Waals surface area contributed by atoms with Crippen molar-refractivity contribution >= 4 is 27.4 Å². The standard InChI is InChI=1S/C33H37N7O3S/c1-23-10-13-27(14-11-23)44(42,43)40-30-9-6-16-34-32(30)35-33(41)31(40)20-26-22-39(37-36-26)29-8-5-7-25-19-24(12-15-28(25)29)21-38-17-3-2-4-18-38/h6,9-16,19,22,29,31H,2-5,7-8,17-18,20-21H2,1H3,(H,34,35,41)/t29-,31-/m1/s1. The summed E-state index contributed by atoms with van der Waals surface area (Å²) in [7, 11) is -4.09. The summed E-state index contributed by atoms with van der Waals surface area (Å²) < 4.78 is 31.1. The first-order chi connectivity index (χ1) is 21.4. The summed E-state index contributed by atoms with van der Waals surface area (Å²) in [6, 6.07) is 15.8. The molecule has 4 heterocycles. The number of carbonyl (C=O) groups is 1. The number of piperidine rings is 1. The van der Waals surface area contributed by atoms with Crippen LogP contribution in [0.25, 0.3) is 0 Å². The van der Waals surface area contributed by atoms with E-state index >= 15 is 0 Å². The van der Waals surface area contributed by atoms with Gasteiger partial charge < -0.3 is 5.32 Å². The summed E-state index contributed by atoms with van der Waals surface area (Å²) in [6.07, 6.45) is 10.4. The van der Waals surface area contributed by atoms with E-state index in [9.17, 15) is 13.2 Å². The molecule has 0 spiro atoms. The zero-order valence-electron chi connectivity index (χ0n) is 24.9. The van der Waals surface area contributed by atoms with E-state index in [4.69, 9.17) is 0 Å². The lowest BCUT2D eigenvalue weighted by atomic mass is 9.86. The number of nitrogens with zero attached hydrogens (tertiary/aromatic N) is 6. The van der Waals surface area contributed by atoms with Crippen LogP contribution in [-0.4, -0.2) is 58.3 Å². The highest BCUT2D eigenvalue weighted by Gasteiger charge is 2.42. The molecule has 1 N–H and O–H groups in total. The van der Waals surface area contributed by atoms with Gasteiger partial charge in [-0.05, 0) is 93.1 Å². The molecule has 1 aliphatic carbocycles. The van der Waals surface area contributed by atoms with E-state index in [1.807, 2.05) is 17.8 Å². The highest BCUT2D eigenvalue weighted by atomic mass is 32.2. The summed E-state index contributed by atoms with van der Waals surface area (Å²) in [6.45, 7) is 5.24. The van der Waals surface area contributed by atoms with Crippen LogP contribution < -0.4 is 9.62 Å². The largest absolute Gasteiger partial charge is 0.307 e. The van der Waals surface area contributed by atoms with E-state index in [2.05, 4.69) is 43.7 Å². The van der Waals surface area contributed by atoms with Crippen LogP contribution in [-0.2, 0) is 34.2 Å². The van der Waals surface area contributed by atoms with Crippen molar-refractivity contribution in [2.24, 2.45) is 0 Å². The Hall–Kier alpha value is -4.09. The second kappa shape index (κ2) is 11.8. The fraction of sp³-hybridized carbons (Fsp3) is 0.394. The number of fused-ring (bicyclic) bond motifs is 2. The zero-order chi connectivity index (χ0) is 30.3. The Kier molecular flexibility index (Phi) is 7.67. The first-order valence-corrected chi connectivity index (χ1v) is 16.9. The number of hydrogen-bond acceptors (Lipinski definition) is 7. The van der Waals surface area contributed by atoms with Gasteiger partial charge in [-0.1, -0.05) is 47.5 Å². The summed E-state index contributed by atoms with van der Waals surface area (Å²) in [5.41, 5.74) is 5.80. The number of pyridine rings is 1. The van der Waals surface area contributed by atoms with Gasteiger partial charge in [0.25, 0.3) is 10.0 Å². The molecule has 1 amide bonds. The maximum atomic E-state index is 14.0. The molecule has 7 rings (SSSR count). The number of aromatic nitrogens is 4. The lowest BCUT2D eigenvalue weighted by Crippen LogP contribution is -2.52. The predicted octanol–water partition coefficient (Wildman–Crippen LogP) is 4.65. The number of rotatable bonds is 7.